The molecule has 0 aliphatic heterocycles. The van der Waals surface area contributed by atoms with E-state index in [0.29, 0.717) is 11.0 Å². The molecule has 1 aromatic heterocycles. The second kappa shape index (κ2) is 3.60. The van der Waals surface area contributed by atoms with Gasteiger partial charge in [-0.05, 0) is 31.0 Å². The first-order valence-corrected chi connectivity index (χ1v) is 5.73. The predicted molar refractivity (Wildman–Crippen MR) is 71.1 cm³/mol. The Morgan fingerprint density at radius 1 is 1.06 bits per heavy atom. The second-order valence-corrected chi connectivity index (χ2v) is 4.52. The molecule has 3 rings (SSSR count). The van der Waals surface area contributed by atoms with Crippen molar-refractivity contribution in [2.45, 2.75) is 13.8 Å². The van der Waals surface area contributed by atoms with Crippen LogP contribution in [0.4, 0.5) is 0 Å². The minimum absolute atomic E-state index is 0.107. The zero-order valence-corrected chi connectivity index (χ0v) is 10.2. The summed E-state index contributed by atoms with van der Waals surface area (Å²) in [6.07, 6.45) is 0. The van der Waals surface area contributed by atoms with Crippen molar-refractivity contribution in [3.05, 3.63) is 51.9 Å². The van der Waals surface area contributed by atoms with Gasteiger partial charge >= 0.3 is 5.63 Å². The largest absolute Gasteiger partial charge is 0.508 e. The third-order valence-corrected chi connectivity index (χ3v) is 3.23. The normalized spacial score (nSPS) is 11.2. The van der Waals surface area contributed by atoms with Crippen LogP contribution in [0, 0.1) is 13.8 Å². The Hall–Kier alpha value is -2.29. The lowest BCUT2D eigenvalue weighted by Crippen LogP contribution is -2.02. The van der Waals surface area contributed by atoms with Crippen LogP contribution in [0.5, 0.6) is 5.75 Å². The van der Waals surface area contributed by atoms with Crippen LogP contribution >= 0.6 is 0 Å². The van der Waals surface area contributed by atoms with Gasteiger partial charge in [-0.2, -0.15) is 0 Å². The van der Waals surface area contributed by atoms with Crippen molar-refractivity contribution >= 4 is 21.7 Å². The second-order valence-electron chi connectivity index (χ2n) is 4.52. The molecule has 0 saturated carbocycles. The summed E-state index contributed by atoms with van der Waals surface area (Å²) in [5.74, 6) is 0.107. The molecule has 18 heavy (non-hydrogen) atoms. The lowest BCUT2D eigenvalue weighted by atomic mass is 10.0. The van der Waals surface area contributed by atoms with E-state index in [1.165, 1.54) is 6.07 Å². The van der Waals surface area contributed by atoms with E-state index in [0.717, 1.165) is 21.9 Å². The lowest BCUT2D eigenvalue weighted by Gasteiger charge is -2.07. The summed E-state index contributed by atoms with van der Waals surface area (Å²) < 4.78 is 5.30. The van der Waals surface area contributed by atoms with Crippen molar-refractivity contribution in [3.63, 3.8) is 0 Å². The standard InChI is InChI=1S/C15H12O3/c1-8-4-3-5-11-13-9(2)6-10(16)7-12(13)18-15(17)14(8)11/h3-7,16H,1-2H3. The fourth-order valence-electron chi connectivity index (χ4n) is 2.46. The Balaban J connectivity index is 2.70. The third-order valence-electron chi connectivity index (χ3n) is 3.23. The van der Waals surface area contributed by atoms with Crippen LogP contribution in [0.1, 0.15) is 11.1 Å². The summed E-state index contributed by atoms with van der Waals surface area (Å²) in [4.78, 5) is 12.0. The van der Waals surface area contributed by atoms with Gasteiger partial charge in [0.05, 0.1) is 5.39 Å². The van der Waals surface area contributed by atoms with E-state index in [1.54, 1.807) is 6.07 Å². The number of phenols is 1. The Kier molecular flexibility index (Phi) is 2.17. The summed E-state index contributed by atoms with van der Waals surface area (Å²) in [6.45, 7) is 3.78. The van der Waals surface area contributed by atoms with Crippen molar-refractivity contribution in [3.8, 4) is 5.75 Å². The molecular weight excluding hydrogens is 228 g/mol. The first kappa shape index (κ1) is 10.8. The van der Waals surface area contributed by atoms with E-state index >= 15 is 0 Å². The fourth-order valence-corrected chi connectivity index (χ4v) is 2.46. The summed E-state index contributed by atoms with van der Waals surface area (Å²) in [5, 5.41) is 11.9. The molecular formula is C15H12O3. The number of aromatic hydroxyl groups is 1. The van der Waals surface area contributed by atoms with Crippen LogP contribution in [0.15, 0.2) is 39.5 Å². The molecule has 2 aromatic carbocycles. The van der Waals surface area contributed by atoms with Crippen LogP contribution in [0.3, 0.4) is 0 Å². The molecule has 0 unspecified atom stereocenters. The summed E-state index contributed by atoms with van der Waals surface area (Å²) in [7, 11) is 0. The fraction of sp³-hybridized carbons (Fsp3) is 0.133. The average Bonchev–Trinajstić information content (AvgIpc) is 2.27. The molecule has 0 aliphatic rings. The third kappa shape index (κ3) is 1.40. The molecule has 1 N–H and O–H groups in total. The molecule has 0 fully saturated rings. The Morgan fingerprint density at radius 3 is 2.61 bits per heavy atom. The number of hydrogen-bond donors (Lipinski definition) is 1. The maximum Gasteiger partial charge on any atom is 0.344 e. The van der Waals surface area contributed by atoms with Crippen LogP contribution in [-0.4, -0.2) is 5.11 Å². The van der Waals surface area contributed by atoms with E-state index in [4.69, 9.17) is 4.42 Å². The van der Waals surface area contributed by atoms with E-state index in [9.17, 15) is 9.90 Å². The molecule has 1 heterocycles. The van der Waals surface area contributed by atoms with Crippen molar-refractivity contribution in [1.82, 2.24) is 0 Å². The zero-order valence-electron chi connectivity index (χ0n) is 10.2. The number of aryl methyl sites for hydroxylation is 2. The highest BCUT2D eigenvalue weighted by Crippen LogP contribution is 2.30. The smallest absolute Gasteiger partial charge is 0.344 e. The van der Waals surface area contributed by atoms with Gasteiger partial charge in [-0.15, -0.1) is 0 Å². The highest BCUT2D eigenvalue weighted by atomic mass is 16.4. The predicted octanol–water partition coefficient (Wildman–Crippen LogP) is 3.27. The highest BCUT2D eigenvalue weighted by Gasteiger charge is 2.11. The summed E-state index contributed by atoms with van der Waals surface area (Å²) in [6, 6.07) is 8.87. The maximum absolute atomic E-state index is 12.0. The summed E-state index contributed by atoms with van der Waals surface area (Å²) in [5.41, 5.74) is 1.86. The van der Waals surface area contributed by atoms with E-state index < -0.39 is 0 Å². The number of hydrogen-bond acceptors (Lipinski definition) is 3. The quantitative estimate of drug-likeness (QED) is 0.484. The molecule has 0 aliphatic carbocycles. The Labute approximate surface area is 103 Å². The maximum atomic E-state index is 12.0. The van der Waals surface area contributed by atoms with Crippen LogP contribution < -0.4 is 5.63 Å². The minimum Gasteiger partial charge on any atom is -0.508 e. The molecule has 90 valence electrons. The summed E-state index contributed by atoms with van der Waals surface area (Å²) >= 11 is 0. The van der Waals surface area contributed by atoms with Crippen LogP contribution in [0.25, 0.3) is 21.7 Å². The van der Waals surface area contributed by atoms with Crippen molar-refractivity contribution in [2.24, 2.45) is 0 Å². The molecule has 0 saturated heterocycles. The monoisotopic (exact) mass is 240 g/mol. The van der Waals surface area contributed by atoms with Crippen molar-refractivity contribution in [2.75, 3.05) is 0 Å². The van der Waals surface area contributed by atoms with Gasteiger partial charge in [0.2, 0.25) is 0 Å². The van der Waals surface area contributed by atoms with E-state index in [2.05, 4.69) is 0 Å². The highest BCUT2D eigenvalue weighted by molar-refractivity contribution is 6.07. The molecule has 0 bridgehead atoms. The van der Waals surface area contributed by atoms with Gasteiger partial charge < -0.3 is 9.52 Å². The molecule has 3 heteroatoms. The molecule has 0 amide bonds. The topological polar surface area (TPSA) is 50.4 Å². The first-order valence-electron chi connectivity index (χ1n) is 5.73. The first-order chi connectivity index (χ1) is 8.58. The van der Waals surface area contributed by atoms with Gasteiger partial charge in [0.15, 0.2) is 0 Å². The molecule has 0 atom stereocenters. The van der Waals surface area contributed by atoms with Crippen LogP contribution in [0.2, 0.25) is 0 Å². The van der Waals surface area contributed by atoms with Gasteiger partial charge in [-0.1, -0.05) is 18.2 Å². The van der Waals surface area contributed by atoms with Gasteiger partial charge in [0, 0.05) is 16.8 Å². The van der Waals surface area contributed by atoms with Gasteiger partial charge in [-0.25, -0.2) is 4.79 Å². The molecule has 0 radical (unpaired) electrons. The van der Waals surface area contributed by atoms with Crippen LogP contribution in [-0.2, 0) is 0 Å². The number of benzene rings is 2. The Bertz CT molecular complexity index is 828. The van der Waals surface area contributed by atoms with Gasteiger partial charge in [0.25, 0.3) is 0 Å². The van der Waals surface area contributed by atoms with Gasteiger partial charge in [-0.3, -0.25) is 0 Å². The van der Waals surface area contributed by atoms with E-state index in [-0.39, 0.29) is 11.4 Å². The minimum atomic E-state index is -0.361. The SMILES string of the molecule is Cc1cccc2c1c(=O)oc1cc(O)cc(C)c12. The number of rotatable bonds is 0. The van der Waals surface area contributed by atoms with Crippen molar-refractivity contribution < 1.29 is 9.52 Å². The number of phenolic OH excluding ortho intramolecular Hbond substituents is 1. The average molecular weight is 240 g/mol. The van der Waals surface area contributed by atoms with E-state index in [1.807, 2.05) is 32.0 Å². The molecule has 3 nitrogen and oxygen atoms in total. The molecule has 3 aromatic rings. The Morgan fingerprint density at radius 2 is 1.83 bits per heavy atom. The number of fused-ring (bicyclic) bond motifs is 3. The zero-order chi connectivity index (χ0) is 12.9. The lowest BCUT2D eigenvalue weighted by molar-refractivity contribution is 0.473. The van der Waals surface area contributed by atoms with Gasteiger partial charge in [0.1, 0.15) is 11.3 Å². The molecule has 0 spiro atoms. The van der Waals surface area contributed by atoms with Crippen molar-refractivity contribution in [1.29, 1.82) is 0 Å².